The minimum atomic E-state index is -0.153. The Labute approximate surface area is 151 Å². The van der Waals surface area contributed by atoms with Crippen molar-refractivity contribution in [2.24, 2.45) is 0 Å². The molecule has 2 N–H and O–H groups in total. The van der Waals surface area contributed by atoms with Gasteiger partial charge in [0.1, 0.15) is 5.82 Å². The molecule has 25 heavy (non-hydrogen) atoms. The highest BCUT2D eigenvalue weighted by Gasteiger charge is 2.07. The standard InChI is InChI=1S/C19H17ClN4O/c20-17-4-2-1-3-16(17)13-23-18-11-15(7-10-22-18)19(25)24-12-14-5-8-21-9-6-14/h1-11H,12-13H2,(H,22,23)(H,24,25). The number of carbonyl (C=O) groups excluding carboxylic acids is 1. The number of nitrogens with zero attached hydrogens (tertiary/aromatic N) is 2. The molecule has 0 aliphatic heterocycles. The lowest BCUT2D eigenvalue weighted by atomic mass is 10.2. The second kappa shape index (κ2) is 8.26. The monoisotopic (exact) mass is 352 g/mol. The van der Waals surface area contributed by atoms with Crippen molar-refractivity contribution in [2.75, 3.05) is 5.32 Å². The summed E-state index contributed by atoms with van der Waals surface area (Å²) < 4.78 is 0. The number of nitrogens with one attached hydrogen (secondary N) is 2. The molecule has 126 valence electrons. The lowest BCUT2D eigenvalue weighted by Crippen LogP contribution is -2.23. The van der Waals surface area contributed by atoms with E-state index in [1.807, 2.05) is 36.4 Å². The molecule has 0 aliphatic rings. The molecule has 2 aromatic heterocycles. The molecule has 0 spiro atoms. The quantitative estimate of drug-likeness (QED) is 0.710. The summed E-state index contributed by atoms with van der Waals surface area (Å²) in [5.41, 5.74) is 2.51. The van der Waals surface area contributed by atoms with Gasteiger partial charge in [-0.15, -0.1) is 0 Å². The minimum Gasteiger partial charge on any atom is -0.366 e. The summed E-state index contributed by atoms with van der Waals surface area (Å²) in [7, 11) is 0. The molecule has 2 heterocycles. The normalized spacial score (nSPS) is 10.3. The molecule has 0 bridgehead atoms. The average molecular weight is 353 g/mol. The third-order valence-electron chi connectivity index (χ3n) is 3.64. The predicted molar refractivity (Wildman–Crippen MR) is 98.4 cm³/mol. The Morgan fingerprint density at radius 3 is 2.60 bits per heavy atom. The van der Waals surface area contributed by atoms with Gasteiger partial charge in [0, 0.05) is 42.3 Å². The molecule has 3 aromatic rings. The van der Waals surface area contributed by atoms with Crippen LogP contribution in [0.2, 0.25) is 5.02 Å². The molecule has 0 aliphatic carbocycles. The minimum absolute atomic E-state index is 0.153. The van der Waals surface area contributed by atoms with E-state index in [4.69, 9.17) is 11.6 Å². The van der Waals surface area contributed by atoms with Crippen molar-refractivity contribution < 1.29 is 4.79 Å². The number of aromatic nitrogens is 2. The van der Waals surface area contributed by atoms with Crippen LogP contribution in [0.4, 0.5) is 5.82 Å². The number of carbonyl (C=O) groups is 1. The van der Waals surface area contributed by atoms with Crippen molar-refractivity contribution in [3.8, 4) is 0 Å². The lowest BCUT2D eigenvalue weighted by molar-refractivity contribution is 0.0951. The van der Waals surface area contributed by atoms with Gasteiger partial charge in [0.05, 0.1) is 0 Å². The molecule has 0 saturated carbocycles. The van der Waals surface area contributed by atoms with Gasteiger partial charge in [-0.2, -0.15) is 0 Å². The third-order valence-corrected chi connectivity index (χ3v) is 4.01. The zero-order valence-electron chi connectivity index (χ0n) is 13.4. The largest absolute Gasteiger partial charge is 0.366 e. The fourth-order valence-electron chi connectivity index (χ4n) is 2.28. The van der Waals surface area contributed by atoms with Crippen LogP contribution in [0.3, 0.4) is 0 Å². The lowest BCUT2D eigenvalue weighted by Gasteiger charge is -2.09. The molecule has 0 atom stereocenters. The van der Waals surface area contributed by atoms with E-state index in [9.17, 15) is 4.79 Å². The van der Waals surface area contributed by atoms with E-state index in [-0.39, 0.29) is 5.91 Å². The smallest absolute Gasteiger partial charge is 0.251 e. The number of hydrogen-bond acceptors (Lipinski definition) is 4. The number of hydrogen-bond donors (Lipinski definition) is 2. The molecule has 0 saturated heterocycles. The van der Waals surface area contributed by atoms with Gasteiger partial charge in [-0.1, -0.05) is 29.8 Å². The van der Waals surface area contributed by atoms with Gasteiger partial charge >= 0.3 is 0 Å². The molecule has 6 heteroatoms. The SMILES string of the molecule is O=C(NCc1ccncc1)c1ccnc(NCc2ccccc2Cl)c1. The summed E-state index contributed by atoms with van der Waals surface area (Å²) in [6.45, 7) is 0.987. The second-order valence-corrected chi connectivity index (χ2v) is 5.82. The van der Waals surface area contributed by atoms with Gasteiger partial charge < -0.3 is 10.6 Å². The van der Waals surface area contributed by atoms with Gasteiger partial charge in [-0.25, -0.2) is 4.98 Å². The molecular formula is C19H17ClN4O. The van der Waals surface area contributed by atoms with Gasteiger partial charge in [0.15, 0.2) is 0 Å². The highest BCUT2D eigenvalue weighted by Crippen LogP contribution is 2.16. The Bertz CT molecular complexity index is 855. The fourth-order valence-corrected chi connectivity index (χ4v) is 2.48. The fraction of sp³-hybridized carbons (Fsp3) is 0.105. The number of halogens is 1. The Morgan fingerprint density at radius 1 is 1.00 bits per heavy atom. The molecule has 0 radical (unpaired) electrons. The first-order chi connectivity index (χ1) is 12.2. The van der Waals surface area contributed by atoms with Gasteiger partial charge in [-0.3, -0.25) is 9.78 Å². The molecule has 1 amide bonds. The van der Waals surface area contributed by atoms with Crippen LogP contribution in [0.25, 0.3) is 0 Å². The van der Waals surface area contributed by atoms with E-state index in [0.717, 1.165) is 11.1 Å². The van der Waals surface area contributed by atoms with E-state index in [2.05, 4.69) is 20.6 Å². The first-order valence-electron chi connectivity index (χ1n) is 7.83. The van der Waals surface area contributed by atoms with Crippen LogP contribution >= 0.6 is 11.6 Å². The van der Waals surface area contributed by atoms with Crippen LogP contribution in [0.5, 0.6) is 0 Å². The first kappa shape index (κ1) is 16.9. The Kier molecular flexibility index (Phi) is 5.59. The zero-order chi connectivity index (χ0) is 17.5. The Hall–Kier alpha value is -2.92. The average Bonchev–Trinajstić information content (AvgIpc) is 2.66. The Balaban J connectivity index is 1.61. The van der Waals surface area contributed by atoms with Crippen LogP contribution in [0.1, 0.15) is 21.5 Å². The molecule has 3 rings (SSSR count). The van der Waals surface area contributed by atoms with E-state index >= 15 is 0 Å². The van der Waals surface area contributed by atoms with Crippen molar-refractivity contribution in [1.29, 1.82) is 0 Å². The number of pyridine rings is 2. The van der Waals surface area contributed by atoms with Crippen LogP contribution < -0.4 is 10.6 Å². The van der Waals surface area contributed by atoms with Crippen molar-refractivity contribution in [3.05, 3.63) is 88.8 Å². The summed E-state index contributed by atoms with van der Waals surface area (Å²) in [5, 5.41) is 6.76. The van der Waals surface area contributed by atoms with E-state index in [1.165, 1.54) is 0 Å². The molecule has 5 nitrogen and oxygen atoms in total. The second-order valence-electron chi connectivity index (χ2n) is 5.41. The van der Waals surface area contributed by atoms with Crippen LogP contribution in [-0.4, -0.2) is 15.9 Å². The summed E-state index contributed by atoms with van der Waals surface area (Å²) in [6, 6.07) is 14.7. The Morgan fingerprint density at radius 2 is 1.80 bits per heavy atom. The highest BCUT2D eigenvalue weighted by atomic mass is 35.5. The van der Waals surface area contributed by atoms with Crippen molar-refractivity contribution >= 4 is 23.3 Å². The zero-order valence-corrected chi connectivity index (χ0v) is 14.2. The van der Waals surface area contributed by atoms with Gasteiger partial charge in [-0.05, 0) is 41.5 Å². The topological polar surface area (TPSA) is 66.9 Å². The molecule has 0 fully saturated rings. The maximum Gasteiger partial charge on any atom is 0.251 e. The molecule has 0 unspecified atom stereocenters. The maximum atomic E-state index is 12.3. The van der Waals surface area contributed by atoms with Crippen molar-refractivity contribution in [1.82, 2.24) is 15.3 Å². The van der Waals surface area contributed by atoms with Gasteiger partial charge in [0.2, 0.25) is 0 Å². The van der Waals surface area contributed by atoms with Gasteiger partial charge in [0.25, 0.3) is 5.91 Å². The number of rotatable bonds is 6. The van der Waals surface area contributed by atoms with E-state index in [0.29, 0.717) is 29.5 Å². The summed E-state index contributed by atoms with van der Waals surface area (Å²) in [4.78, 5) is 20.5. The maximum absolute atomic E-state index is 12.3. The number of anilines is 1. The van der Waals surface area contributed by atoms with E-state index < -0.39 is 0 Å². The number of benzene rings is 1. The first-order valence-corrected chi connectivity index (χ1v) is 8.20. The van der Waals surface area contributed by atoms with Crippen LogP contribution in [-0.2, 0) is 13.1 Å². The van der Waals surface area contributed by atoms with Crippen LogP contribution in [0, 0.1) is 0 Å². The van der Waals surface area contributed by atoms with Crippen LogP contribution in [0.15, 0.2) is 67.1 Å². The van der Waals surface area contributed by atoms with Crippen molar-refractivity contribution in [2.45, 2.75) is 13.1 Å². The molecular weight excluding hydrogens is 336 g/mol. The summed E-state index contributed by atoms with van der Waals surface area (Å²) in [5.74, 6) is 0.469. The third kappa shape index (κ3) is 4.78. The molecule has 1 aromatic carbocycles. The van der Waals surface area contributed by atoms with Crippen molar-refractivity contribution in [3.63, 3.8) is 0 Å². The van der Waals surface area contributed by atoms with E-state index in [1.54, 1.807) is 30.7 Å². The summed E-state index contributed by atoms with van der Waals surface area (Å²) >= 11 is 6.14. The highest BCUT2D eigenvalue weighted by molar-refractivity contribution is 6.31. The summed E-state index contributed by atoms with van der Waals surface area (Å²) in [6.07, 6.45) is 5.01. The number of amides is 1. The predicted octanol–water partition coefficient (Wildman–Crippen LogP) is 3.67.